The van der Waals surface area contributed by atoms with Crippen LogP contribution < -0.4 is 5.32 Å². The molecule has 1 rings (SSSR count). The molecule has 1 aliphatic rings. The molecule has 212 valence electrons. The number of hydrogen-bond acceptors (Lipinski definition) is 5. The van der Waals surface area contributed by atoms with E-state index in [0.717, 1.165) is 12.0 Å². The first-order valence-electron chi connectivity index (χ1n) is 13.9. The maximum absolute atomic E-state index is 11.9. The number of esters is 1. The van der Waals surface area contributed by atoms with Crippen LogP contribution >= 0.6 is 0 Å². The number of likely N-dealkylation sites (N-methyl/N-ethyl adjacent to an activating group) is 1. The van der Waals surface area contributed by atoms with E-state index in [1.807, 2.05) is 13.8 Å². The van der Waals surface area contributed by atoms with Gasteiger partial charge in [-0.25, -0.2) is 4.79 Å². The summed E-state index contributed by atoms with van der Waals surface area (Å²) in [5, 5.41) is 2.34. The molecule has 0 aromatic rings. The first-order valence-corrected chi connectivity index (χ1v) is 13.9. The second-order valence-corrected chi connectivity index (χ2v) is 10.6. The number of hydrogen-bond donors (Lipinski definition) is 1. The monoisotopic (exact) mass is 511 g/mol. The van der Waals surface area contributed by atoms with Crippen molar-refractivity contribution in [3.8, 4) is 0 Å². The lowest BCUT2D eigenvalue weighted by molar-refractivity contribution is -0.138. The molecular weight excluding hydrogens is 454 g/mol. The topological polar surface area (TPSA) is 79.0 Å². The van der Waals surface area contributed by atoms with Gasteiger partial charge in [0.15, 0.2) is 0 Å². The van der Waals surface area contributed by atoms with Gasteiger partial charge in [-0.3, -0.25) is 9.59 Å². The van der Waals surface area contributed by atoms with Crippen molar-refractivity contribution in [2.75, 3.05) is 33.3 Å². The summed E-state index contributed by atoms with van der Waals surface area (Å²) in [6.45, 7) is 21.4. The number of ether oxygens (including phenoxy) is 1. The van der Waals surface area contributed by atoms with E-state index in [4.69, 9.17) is 4.74 Å². The van der Waals surface area contributed by atoms with Gasteiger partial charge in [-0.15, -0.1) is 0 Å². The first-order chi connectivity index (χ1) is 16.9. The van der Waals surface area contributed by atoms with Crippen LogP contribution in [0.3, 0.4) is 0 Å². The van der Waals surface area contributed by atoms with Gasteiger partial charge < -0.3 is 19.9 Å². The molecule has 0 aliphatic carbocycles. The van der Waals surface area contributed by atoms with E-state index in [1.165, 1.54) is 56.5 Å². The molecule has 0 radical (unpaired) electrons. The highest BCUT2D eigenvalue weighted by atomic mass is 16.5. The molecule has 0 saturated carbocycles. The minimum Gasteiger partial charge on any atom is -0.463 e. The normalized spacial score (nSPS) is 15.6. The van der Waals surface area contributed by atoms with Gasteiger partial charge in [0.1, 0.15) is 0 Å². The van der Waals surface area contributed by atoms with Crippen molar-refractivity contribution in [2.45, 2.75) is 113 Å². The fraction of sp³-hybridized carbons (Fsp3) is 0.828. The summed E-state index contributed by atoms with van der Waals surface area (Å²) >= 11 is 0. The third kappa shape index (κ3) is 18.4. The van der Waals surface area contributed by atoms with Crippen molar-refractivity contribution in [3.63, 3.8) is 0 Å². The number of piperidine rings is 1. The SMILES string of the molecule is CC(C)C.CCCCC(C)N1CCCCC1.CCOC(=O)/C(C)=C/[C@H](C(C)C)N(C)C(=O)CNC=O. The van der Waals surface area contributed by atoms with Crippen molar-refractivity contribution in [1.29, 1.82) is 0 Å². The predicted octanol–water partition coefficient (Wildman–Crippen LogP) is 5.44. The Morgan fingerprint density at radius 2 is 1.58 bits per heavy atom. The van der Waals surface area contributed by atoms with Crippen LogP contribution in [0.4, 0.5) is 0 Å². The molecule has 0 bridgehead atoms. The molecule has 1 N–H and O–H groups in total. The molecule has 2 amide bonds. The summed E-state index contributed by atoms with van der Waals surface area (Å²) in [6, 6.07) is 0.602. The summed E-state index contributed by atoms with van der Waals surface area (Å²) in [5.41, 5.74) is 0.466. The van der Waals surface area contributed by atoms with Crippen LogP contribution in [0.15, 0.2) is 11.6 Å². The van der Waals surface area contributed by atoms with Gasteiger partial charge in [-0.05, 0) is 65.0 Å². The second kappa shape index (κ2) is 22.3. The fourth-order valence-corrected chi connectivity index (χ4v) is 3.78. The van der Waals surface area contributed by atoms with Gasteiger partial charge in [-0.1, -0.05) is 66.9 Å². The Bertz CT molecular complexity index is 611. The molecule has 1 aliphatic heterocycles. The molecule has 0 aromatic heterocycles. The molecule has 36 heavy (non-hydrogen) atoms. The molecule has 2 atom stereocenters. The molecule has 1 unspecified atom stereocenters. The summed E-state index contributed by atoms with van der Waals surface area (Å²) in [7, 11) is 1.65. The van der Waals surface area contributed by atoms with Crippen LogP contribution in [-0.4, -0.2) is 73.5 Å². The van der Waals surface area contributed by atoms with E-state index in [-0.39, 0.29) is 30.4 Å². The van der Waals surface area contributed by atoms with Crippen LogP contribution in [-0.2, 0) is 19.1 Å². The Morgan fingerprint density at radius 3 is 2.03 bits per heavy atom. The summed E-state index contributed by atoms with van der Waals surface area (Å²) < 4.78 is 4.92. The lowest BCUT2D eigenvalue weighted by Crippen LogP contribution is -2.43. The van der Waals surface area contributed by atoms with Gasteiger partial charge >= 0.3 is 5.97 Å². The van der Waals surface area contributed by atoms with Crippen LogP contribution in [0, 0.1) is 11.8 Å². The Labute approximate surface area is 222 Å². The molecule has 7 nitrogen and oxygen atoms in total. The van der Waals surface area contributed by atoms with Crippen LogP contribution in [0.1, 0.15) is 101 Å². The standard InChI is InChI=1S/C14H24N2O4.C11H23N.C4H10/c1-6-20-14(19)11(4)7-12(10(2)3)16(5)13(18)8-15-9-17;1-3-4-8-11(2)12-9-6-5-7-10-12;1-4(2)3/h7,9-10,12H,6,8H2,1-5H3,(H,15,17);11H,3-10H2,1-2H3;4H,1-3H3/b11-7+;;/t12-;;/m1../s1. The lowest BCUT2D eigenvalue weighted by Gasteiger charge is -2.32. The second-order valence-electron chi connectivity index (χ2n) is 10.6. The van der Waals surface area contributed by atoms with E-state index in [0.29, 0.717) is 18.6 Å². The van der Waals surface area contributed by atoms with Crippen molar-refractivity contribution in [1.82, 2.24) is 15.1 Å². The molecule has 7 heteroatoms. The van der Waals surface area contributed by atoms with Crippen molar-refractivity contribution in [2.24, 2.45) is 11.8 Å². The zero-order valence-electron chi connectivity index (χ0n) is 25.1. The summed E-state index contributed by atoms with van der Waals surface area (Å²) in [5.74, 6) is 0.360. The minimum atomic E-state index is -0.384. The molecule has 1 heterocycles. The Kier molecular flexibility index (Phi) is 22.5. The van der Waals surface area contributed by atoms with Gasteiger partial charge in [0.05, 0.1) is 19.2 Å². The maximum atomic E-state index is 11.9. The predicted molar refractivity (Wildman–Crippen MR) is 151 cm³/mol. The van der Waals surface area contributed by atoms with Crippen LogP contribution in [0.25, 0.3) is 0 Å². The minimum absolute atomic E-state index is 0.0600. The summed E-state index contributed by atoms with van der Waals surface area (Å²) in [6.07, 6.45) is 10.7. The number of amides is 2. The Hall–Kier alpha value is -1.89. The Morgan fingerprint density at radius 1 is 1.03 bits per heavy atom. The zero-order valence-corrected chi connectivity index (χ0v) is 25.1. The molecular formula is C29H57N3O4. The average molecular weight is 512 g/mol. The zero-order chi connectivity index (χ0) is 28.1. The number of carbonyl (C=O) groups is 3. The smallest absolute Gasteiger partial charge is 0.333 e. The lowest BCUT2D eigenvalue weighted by atomic mass is 10.00. The van der Waals surface area contributed by atoms with Crippen LogP contribution in [0.2, 0.25) is 0 Å². The number of unbranched alkanes of at least 4 members (excludes halogenated alkanes) is 1. The first kappa shape index (κ1) is 36.3. The number of nitrogens with zero attached hydrogens (tertiary/aromatic N) is 2. The number of rotatable bonds is 12. The molecule has 1 saturated heterocycles. The Balaban J connectivity index is 0. The van der Waals surface area contributed by atoms with E-state index >= 15 is 0 Å². The van der Waals surface area contributed by atoms with Gasteiger partial charge in [0.25, 0.3) is 0 Å². The molecule has 0 aromatic carbocycles. The summed E-state index contributed by atoms with van der Waals surface area (Å²) in [4.78, 5) is 37.9. The van der Waals surface area contributed by atoms with Crippen molar-refractivity contribution >= 4 is 18.3 Å². The largest absolute Gasteiger partial charge is 0.463 e. The molecule has 0 spiro atoms. The average Bonchev–Trinajstić information content (AvgIpc) is 2.84. The third-order valence-electron chi connectivity index (χ3n) is 5.87. The van der Waals surface area contributed by atoms with E-state index in [1.54, 1.807) is 27.0 Å². The third-order valence-corrected chi connectivity index (χ3v) is 5.87. The van der Waals surface area contributed by atoms with Gasteiger partial charge in [0.2, 0.25) is 12.3 Å². The van der Waals surface area contributed by atoms with E-state index in [9.17, 15) is 14.4 Å². The molecule has 1 fully saturated rings. The van der Waals surface area contributed by atoms with Gasteiger partial charge in [-0.2, -0.15) is 0 Å². The van der Waals surface area contributed by atoms with E-state index < -0.39 is 0 Å². The highest BCUT2D eigenvalue weighted by Crippen LogP contribution is 2.16. The van der Waals surface area contributed by atoms with Gasteiger partial charge in [0, 0.05) is 18.7 Å². The highest BCUT2D eigenvalue weighted by Gasteiger charge is 2.22. The number of likely N-dealkylation sites (tertiary alicyclic amines) is 1. The van der Waals surface area contributed by atoms with Crippen molar-refractivity contribution in [3.05, 3.63) is 11.6 Å². The highest BCUT2D eigenvalue weighted by molar-refractivity contribution is 5.88. The maximum Gasteiger partial charge on any atom is 0.333 e. The van der Waals surface area contributed by atoms with Crippen molar-refractivity contribution < 1.29 is 19.1 Å². The van der Waals surface area contributed by atoms with E-state index in [2.05, 4.69) is 44.8 Å². The fourth-order valence-electron chi connectivity index (χ4n) is 3.78. The quantitative estimate of drug-likeness (QED) is 0.214. The van der Waals surface area contributed by atoms with Crippen LogP contribution in [0.5, 0.6) is 0 Å². The number of nitrogens with one attached hydrogen (secondary N) is 1. The number of carbonyl (C=O) groups excluding carboxylic acids is 3.